The number of nitrogens with one attached hydrogen (secondary N) is 1. The van der Waals surface area contributed by atoms with Gasteiger partial charge in [0.05, 0.1) is 7.11 Å². The molecule has 1 aliphatic heterocycles. The Hall–Kier alpha value is -2.97. The highest BCUT2D eigenvalue weighted by molar-refractivity contribution is 5.98. The summed E-state index contributed by atoms with van der Waals surface area (Å²) in [5, 5.41) is 3.23. The molecule has 0 radical (unpaired) electrons. The number of carbonyl (C=O) groups excluding carboxylic acids is 2. The predicted molar refractivity (Wildman–Crippen MR) is 140 cm³/mol. The lowest BCUT2D eigenvalue weighted by Gasteiger charge is -2.30. The number of amides is 2. The molecule has 0 aromatic heterocycles. The minimum absolute atomic E-state index is 0.0441. The Morgan fingerprint density at radius 1 is 1.05 bits per heavy atom. The van der Waals surface area contributed by atoms with Gasteiger partial charge in [0.2, 0.25) is 5.91 Å². The van der Waals surface area contributed by atoms with Crippen molar-refractivity contribution in [2.75, 3.05) is 13.7 Å². The van der Waals surface area contributed by atoms with Crippen LogP contribution in [0, 0.1) is 5.82 Å². The largest absolute Gasteiger partial charge is 0.497 e. The Bertz CT molecular complexity index is 1100. The SMILES string of the molecule is COc1cccc(C(=O)N2CC(N(Cc3ccc(F)cc3)C3CC3)CC2C(=O)NC2CCC(N)CC2)c1. The number of hydrogen-bond acceptors (Lipinski definition) is 5. The molecule has 37 heavy (non-hydrogen) atoms. The molecular formula is C29H37FN4O3. The van der Waals surface area contributed by atoms with E-state index in [0.29, 0.717) is 36.9 Å². The van der Waals surface area contributed by atoms with Gasteiger partial charge in [-0.1, -0.05) is 18.2 Å². The van der Waals surface area contributed by atoms with Gasteiger partial charge in [-0.05, 0) is 80.8 Å². The summed E-state index contributed by atoms with van der Waals surface area (Å²) >= 11 is 0. The van der Waals surface area contributed by atoms with Crippen molar-refractivity contribution in [2.45, 2.75) is 81.7 Å². The Morgan fingerprint density at radius 3 is 2.46 bits per heavy atom. The summed E-state index contributed by atoms with van der Waals surface area (Å²) in [6.45, 7) is 1.15. The quantitative estimate of drug-likeness (QED) is 0.570. The molecule has 7 nitrogen and oxygen atoms in total. The van der Waals surface area contributed by atoms with Crippen molar-refractivity contribution in [1.82, 2.24) is 15.1 Å². The van der Waals surface area contributed by atoms with E-state index in [4.69, 9.17) is 10.5 Å². The second-order valence-electron chi connectivity index (χ2n) is 10.7. The molecule has 2 aromatic rings. The smallest absolute Gasteiger partial charge is 0.254 e. The summed E-state index contributed by atoms with van der Waals surface area (Å²) in [4.78, 5) is 31.5. The lowest BCUT2D eigenvalue weighted by atomic mass is 9.91. The van der Waals surface area contributed by atoms with Crippen molar-refractivity contribution >= 4 is 11.8 Å². The summed E-state index contributed by atoms with van der Waals surface area (Å²) in [6.07, 6.45) is 6.31. The minimum atomic E-state index is -0.547. The van der Waals surface area contributed by atoms with Gasteiger partial charge < -0.3 is 20.7 Å². The molecular weight excluding hydrogens is 471 g/mol. The molecule has 8 heteroatoms. The van der Waals surface area contributed by atoms with Crippen molar-refractivity contribution in [3.05, 3.63) is 65.5 Å². The van der Waals surface area contributed by atoms with E-state index in [1.165, 1.54) is 12.1 Å². The number of ether oxygens (including phenoxy) is 1. The van der Waals surface area contributed by atoms with Crippen molar-refractivity contribution in [3.8, 4) is 5.75 Å². The average molecular weight is 509 g/mol. The predicted octanol–water partition coefficient (Wildman–Crippen LogP) is 3.47. The van der Waals surface area contributed by atoms with Crippen molar-refractivity contribution in [1.29, 1.82) is 0 Å². The molecule has 198 valence electrons. The molecule has 2 amide bonds. The standard InChI is InChI=1S/C29H37FN4O3/c1-37-26-4-2-3-20(15-26)29(36)34-18-25(16-27(34)28(35)32-23-11-9-22(31)10-12-23)33(24-13-14-24)17-19-5-7-21(30)8-6-19/h2-8,15,22-25,27H,9-14,16-18,31H2,1H3,(H,32,35). The zero-order chi connectivity index (χ0) is 25.9. The highest BCUT2D eigenvalue weighted by atomic mass is 19.1. The van der Waals surface area contributed by atoms with Crippen LogP contribution in [0.15, 0.2) is 48.5 Å². The zero-order valence-corrected chi connectivity index (χ0v) is 21.4. The first kappa shape index (κ1) is 25.7. The Morgan fingerprint density at radius 2 is 1.78 bits per heavy atom. The van der Waals surface area contributed by atoms with Crippen LogP contribution in [0.5, 0.6) is 5.75 Å². The number of benzene rings is 2. The first-order chi connectivity index (χ1) is 17.9. The van der Waals surface area contributed by atoms with Crippen LogP contribution in [0.1, 0.15) is 60.9 Å². The van der Waals surface area contributed by atoms with Gasteiger partial charge in [0.1, 0.15) is 17.6 Å². The summed E-state index contributed by atoms with van der Waals surface area (Å²) < 4.78 is 18.8. The minimum Gasteiger partial charge on any atom is -0.497 e. The maximum absolute atomic E-state index is 13.7. The number of rotatable bonds is 8. The maximum atomic E-state index is 13.7. The van der Waals surface area contributed by atoms with Crippen LogP contribution in [0.4, 0.5) is 4.39 Å². The zero-order valence-electron chi connectivity index (χ0n) is 21.4. The molecule has 0 spiro atoms. The van der Waals surface area contributed by atoms with E-state index in [0.717, 1.165) is 44.1 Å². The number of hydrogen-bond donors (Lipinski definition) is 2. The topological polar surface area (TPSA) is 87.9 Å². The maximum Gasteiger partial charge on any atom is 0.254 e. The Kier molecular flexibility index (Phi) is 7.76. The summed E-state index contributed by atoms with van der Waals surface area (Å²) in [6, 6.07) is 13.9. The number of halogens is 1. The molecule has 2 atom stereocenters. The normalized spacial score (nSPS) is 25.8. The van der Waals surface area contributed by atoms with Crippen molar-refractivity contribution in [3.63, 3.8) is 0 Å². The molecule has 3 aliphatic rings. The third-order valence-electron chi connectivity index (χ3n) is 8.04. The van der Waals surface area contributed by atoms with Gasteiger partial charge in [0.15, 0.2) is 0 Å². The van der Waals surface area contributed by atoms with Gasteiger partial charge in [-0.25, -0.2) is 4.39 Å². The van der Waals surface area contributed by atoms with Gasteiger partial charge in [-0.15, -0.1) is 0 Å². The molecule has 2 unspecified atom stereocenters. The first-order valence-corrected chi connectivity index (χ1v) is 13.4. The number of nitrogens with two attached hydrogens (primary N) is 1. The third-order valence-corrected chi connectivity index (χ3v) is 8.04. The highest BCUT2D eigenvalue weighted by Gasteiger charge is 2.45. The fraction of sp³-hybridized carbons (Fsp3) is 0.517. The van der Waals surface area contributed by atoms with Crippen LogP contribution >= 0.6 is 0 Å². The van der Waals surface area contributed by atoms with Crippen LogP contribution in [-0.4, -0.2) is 65.5 Å². The first-order valence-electron chi connectivity index (χ1n) is 13.4. The van der Waals surface area contributed by atoms with Crippen LogP contribution in [-0.2, 0) is 11.3 Å². The van der Waals surface area contributed by atoms with Crippen molar-refractivity contribution < 1.29 is 18.7 Å². The Balaban J connectivity index is 1.37. The van der Waals surface area contributed by atoms with Crippen LogP contribution in [0.3, 0.4) is 0 Å². The van der Waals surface area contributed by atoms with Gasteiger partial charge >= 0.3 is 0 Å². The number of nitrogens with zero attached hydrogens (tertiary/aromatic N) is 2. The second-order valence-corrected chi connectivity index (χ2v) is 10.7. The third kappa shape index (κ3) is 6.13. The molecule has 5 rings (SSSR count). The average Bonchev–Trinajstić information content (AvgIpc) is 3.66. The van der Waals surface area contributed by atoms with E-state index in [-0.39, 0.29) is 35.8 Å². The van der Waals surface area contributed by atoms with Gasteiger partial charge in [0, 0.05) is 42.8 Å². The molecule has 2 aliphatic carbocycles. The van der Waals surface area contributed by atoms with E-state index in [2.05, 4.69) is 10.2 Å². The highest BCUT2D eigenvalue weighted by Crippen LogP contribution is 2.35. The lowest BCUT2D eigenvalue weighted by molar-refractivity contribution is -0.125. The fourth-order valence-corrected chi connectivity index (χ4v) is 5.77. The molecule has 0 bridgehead atoms. The Labute approximate surface area is 218 Å². The summed E-state index contributed by atoms with van der Waals surface area (Å²) in [5.74, 6) is 0.108. The second kappa shape index (κ2) is 11.2. The molecule has 2 saturated carbocycles. The molecule has 3 N–H and O–H groups in total. The van der Waals surface area contributed by atoms with Crippen LogP contribution < -0.4 is 15.8 Å². The molecule has 2 aromatic carbocycles. The summed E-state index contributed by atoms with van der Waals surface area (Å²) in [5.41, 5.74) is 7.60. The van der Waals surface area contributed by atoms with Gasteiger partial charge in [-0.2, -0.15) is 0 Å². The van der Waals surface area contributed by atoms with E-state index in [1.807, 2.05) is 12.1 Å². The summed E-state index contributed by atoms with van der Waals surface area (Å²) in [7, 11) is 1.57. The van der Waals surface area contributed by atoms with Crippen molar-refractivity contribution in [2.24, 2.45) is 5.73 Å². The monoisotopic (exact) mass is 508 g/mol. The lowest BCUT2D eigenvalue weighted by Crippen LogP contribution is -2.50. The van der Waals surface area contributed by atoms with Gasteiger partial charge in [0.25, 0.3) is 5.91 Å². The number of likely N-dealkylation sites (tertiary alicyclic amines) is 1. The fourth-order valence-electron chi connectivity index (χ4n) is 5.77. The van der Waals surface area contributed by atoms with E-state index in [1.54, 1.807) is 36.3 Å². The number of methoxy groups -OCH3 is 1. The number of carbonyl (C=O) groups is 2. The van der Waals surface area contributed by atoms with E-state index in [9.17, 15) is 14.0 Å². The van der Waals surface area contributed by atoms with Crippen LogP contribution in [0.25, 0.3) is 0 Å². The van der Waals surface area contributed by atoms with E-state index >= 15 is 0 Å². The van der Waals surface area contributed by atoms with Crippen LogP contribution in [0.2, 0.25) is 0 Å². The molecule has 3 fully saturated rings. The van der Waals surface area contributed by atoms with E-state index < -0.39 is 6.04 Å². The molecule has 1 saturated heterocycles. The van der Waals surface area contributed by atoms with Gasteiger partial charge in [-0.3, -0.25) is 14.5 Å². The molecule has 1 heterocycles.